The van der Waals surface area contributed by atoms with Crippen molar-refractivity contribution < 1.29 is 5.11 Å². The number of aliphatic hydroxyl groups is 1. The summed E-state index contributed by atoms with van der Waals surface area (Å²) in [5, 5.41) is 9.62. The first-order valence-corrected chi connectivity index (χ1v) is 4.23. The Morgan fingerprint density at radius 2 is 1.90 bits per heavy atom. The van der Waals surface area contributed by atoms with Gasteiger partial charge in [-0.15, -0.1) is 0 Å². The van der Waals surface area contributed by atoms with Crippen LogP contribution >= 0.6 is 0 Å². The zero-order valence-electron chi connectivity index (χ0n) is 7.22. The summed E-state index contributed by atoms with van der Waals surface area (Å²) in [6.45, 7) is 6.50. The highest BCUT2D eigenvalue weighted by Crippen LogP contribution is 2.49. The van der Waals surface area contributed by atoms with Crippen LogP contribution in [0.5, 0.6) is 0 Å². The fourth-order valence-corrected chi connectivity index (χ4v) is 1.26. The van der Waals surface area contributed by atoms with Gasteiger partial charge in [-0.05, 0) is 30.6 Å². The maximum atomic E-state index is 9.62. The topological polar surface area (TPSA) is 20.2 Å². The Balaban J connectivity index is 2.28. The molecule has 1 atom stereocenters. The maximum absolute atomic E-state index is 9.62. The minimum atomic E-state index is -0.0486. The monoisotopic (exact) mass is 142 g/mol. The highest BCUT2D eigenvalue weighted by atomic mass is 16.3. The van der Waals surface area contributed by atoms with Gasteiger partial charge in [0.25, 0.3) is 0 Å². The fourth-order valence-electron chi connectivity index (χ4n) is 1.26. The molecule has 1 aliphatic carbocycles. The summed E-state index contributed by atoms with van der Waals surface area (Å²) in [6, 6.07) is 0. The second-order valence-corrected chi connectivity index (χ2v) is 4.30. The summed E-state index contributed by atoms with van der Waals surface area (Å²) in [4.78, 5) is 0. The predicted octanol–water partition coefficient (Wildman–Crippen LogP) is 2.19. The van der Waals surface area contributed by atoms with Crippen LogP contribution in [0.2, 0.25) is 0 Å². The Kier molecular flexibility index (Phi) is 2.04. The van der Waals surface area contributed by atoms with E-state index in [0.717, 1.165) is 6.42 Å². The maximum Gasteiger partial charge on any atom is 0.0596 e. The molecule has 1 heteroatoms. The van der Waals surface area contributed by atoms with Crippen molar-refractivity contribution in [2.24, 2.45) is 11.3 Å². The minimum Gasteiger partial charge on any atom is -0.393 e. The van der Waals surface area contributed by atoms with Gasteiger partial charge in [-0.1, -0.05) is 20.8 Å². The predicted molar refractivity (Wildman–Crippen MR) is 42.8 cm³/mol. The Labute approximate surface area is 63.4 Å². The van der Waals surface area contributed by atoms with Crippen LogP contribution in [0.25, 0.3) is 0 Å². The quantitative estimate of drug-likeness (QED) is 0.640. The first-order valence-electron chi connectivity index (χ1n) is 4.23. The van der Waals surface area contributed by atoms with Gasteiger partial charge < -0.3 is 5.11 Å². The van der Waals surface area contributed by atoms with Gasteiger partial charge in [0.2, 0.25) is 0 Å². The Bertz CT molecular complexity index is 114. The zero-order valence-corrected chi connectivity index (χ0v) is 7.22. The van der Waals surface area contributed by atoms with Crippen LogP contribution in [0.15, 0.2) is 0 Å². The van der Waals surface area contributed by atoms with Crippen LogP contribution in [0.1, 0.15) is 40.0 Å². The minimum absolute atomic E-state index is 0.0486. The summed E-state index contributed by atoms with van der Waals surface area (Å²) < 4.78 is 0. The molecule has 1 saturated carbocycles. The molecule has 0 aromatic rings. The molecule has 0 amide bonds. The van der Waals surface area contributed by atoms with Gasteiger partial charge in [-0.2, -0.15) is 0 Å². The lowest BCUT2D eigenvalue weighted by atomic mass is 9.94. The highest BCUT2D eigenvalue weighted by Gasteiger charge is 2.43. The van der Waals surface area contributed by atoms with Crippen molar-refractivity contribution in [1.29, 1.82) is 0 Å². The van der Waals surface area contributed by atoms with Crippen molar-refractivity contribution in [3.05, 3.63) is 0 Å². The molecule has 1 rings (SSSR count). The summed E-state index contributed by atoms with van der Waals surface area (Å²) >= 11 is 0. The third-order valence-electron chi connectivity index (χ3n) is 2.54. The van der Waals surface area contributed by atoms with Crippen molar-refractivity contribution in [1.82, 2.24) is 0 Å². The van der Waals surface area contributed by atoms with Gasteiger partial charge in [0.1, 0.15) is 0 Å². The average molecular weight is 142 g/mol. The van der Waals surface area contributed by atoms with Gasteiger partial charge in [-0.25, -0.2) is 0 Å². The summed E-state index contributed by atoms with van der Waals surface area (Å²) in [7, 11) is 0. The molecule has 0 bridgehead atoms. The third-order valence-corrected chi connectivity index (χ3v) is 2.54. The Morgan fingerprint density at radius 3 is 2.20 bits per heavy atom. The second-order valence-electron chi connectivity index (χ2n) is 4.30. The SMILES string of the molecule is CC(C)CC(O)C1(C)CC1. The number of aliphatic hydroxyl groups excluding tert-OH is 1. The standard InChI is InChI=1S/C9H18O/c1-7(2)6-8(10)9(3)4-5-9/h7-8,10H,4-6H2,1-3H3. The van der Waals surface area contributed by atoms with Crippen molar-refractivity contribution >= 4 is 0 Å². The lowest BCUT2D eigenvalue weighted by Gasteiger charge is -2.18. The number of hydrogen-bond acceptors (Lipinski definition) is 1. The Morgan fingerprint density at radius 1 is 1.40 bits per heavy atom. The fraction of sp³-hybridized carbons (Fsp3) is 1.00. The smallest absolute Gasteiger partial charge is 0.0596 e. The van der Waals surface area contributed by atoms with Crippen LogP contribution in [0, 0.1) is 11.3 Å². The van der Waals surface area contributed by atoms with Crippen LogP contribution in [0.3, 0.4) is 0 Å². The first kappa shape index (κ1) is 8.06. The second kappa shape index (κ2) is 2.54. The molecule has 0 radical (unpaired) electrons. The molecule has 1 unspecified atom stereocenters. The zero-order chi connectivity index (χ0) is 7.78. The van der Waals surface area contributed by atoms with Crippen molar-refractivity contribution in [3.8, 4) is 0 Å². The molecule has 60 valence electrons. The van der Waals surface area contributed by atoms with Gasteiger partial charge in [-0.3, -0.25) is 0 Å². The van der Waals surface area contributed by atoms with Crippen molar-refractivity contribution in [2.75, 3.05) is 0 Å². The van der Waals surface area contributed by atoms with Crippen LogP contribution < -0.4 is 0 Å². The normalized spacial score (nSPS) is 24.9. The lowest BCUT2D eigenvalue weighted by molar-refractivity contribution is 0.0818. The lowest BCUT2D eigenvalue weighted by Crippen LogP contribution is -2.20. The Hall–Kier alpha value is -0.0400. The highest BCUT2D eigenvalue weighted by molar-refractivity contribution is 4.94. The van der Waals surface area contributed by atoms with E-state index >= 15 is 0 Å². The van der Waals surface area contributed by atoms with E-state index in [1.807, 2.05) is 0 Å². The molecule has 0 saturated heterocycles. The van der Waals surface area contributed by atoms with E-state index in [2.05, 4.69) is 20.8 Å². The molecule has 1 N–H and O–H groups in total. The van der Waals surface area contributed by atoms with Gasteiger partial charge in [0.15, 0.2) is 0 Å². The van der Waals surface area contributed by atoms with E-state index in [-0.39, 0.29) is 6.10 Å². The average Bonchev–Trinajstić information content (AvgIpc) is 2.47. The third kappa shape index (κ3) is 1.72. The number of hydrogen-bond donors (Lipinski definition) is 1. The molecular weight excluding hydrogens is 124 g/mol. The van der Waals surface area contributed by atoms with Crippen molar-refractivity contribution in [2.45, 2.75) is 46.1 Å². The van der Waals surface area contributed by atoms with E-state index in [4.69, 9.17) is 0 Å². The van der Waals surface area contributed by atoms with Crippen LogP contribution in [0.4, 0.5) is 0 Å². The van der Waals surface area contributed by atoms with Gasteiger partial charge in [0.05, 0.1) is 6.10 Å². The molecular formula is C9H18O. The van der Waals surface area contributed by atoms with Gasteiger partial charge >= 0.3 is 0 Å². The summed E-state index contributed by atoms with van der Waals surface area (Å²) in [6.07, 6.45) is 3.37. The molecule has 0 aromatic heterocycles. The first-order chi connectivity index (χ1) is 4.54. The van der Waals surface area contributed by atoms with Crippen molar-refractivity contribution in [3.63, 3.8) is 0 Å². The molecule has 0 heterocycles. The number of rotatable bonds is 3. The molecule has 1 fully saturated rings. The van der Waals surface area contributed by atoms with E-state index in [0.29, 0.717) is 11.3 Å². The molecule has 0 aromatic carbocycles. The molecule has 0 spiro atoms. The molecule has 0 aliphatic heterocycles. The molecule has 1 aliphatic rings. The van der Waals surface area contributed by atoms with E-state index in [9.17, 15) is 5.11 Å². The van der Waals surface area contributed by atoms with Crippen LogP contribution in [-0.2, 0) is 0 Å². The largest absolute Gasteiger partial charge is 0.393 e. The molecule has 1 nitrogen and oxygen atoms in total. The van der Waals surface area contributed by atoms with E-state index < -0.39 is 0 Å². The van der Waals surface area contributed by atoms with E-state index in [1.165, 1.54) is 12.8 Å². The van der Waals surface area contributed by atoms with Gasteiger partial charge in [0, 0.05) is 0 Å². The summed E-state index contributed by atoms with van der Waals surface area (Å²) in [5.41, 5.74) is 0.296. The summed E-state index contributed by atoms with van der Waals surface area (Å²) in [5.74, 6) is 0.632. The molecule has 10 heavy (non-hydrogen) atoms. The van der Waals surface area contributed by atoms with Crippen LogP contribution in [-0.4, -0.2) is 11.2 Å². The van der Waals surface area contributed by atoms with E-state index in [1.54, 1.807) is 0 Å².